The van der Waals surface area contributed by atoms with Crippen LogP contribution in [-0.2, 0) is 14.8 Å². The van der Waals surface area contributed by atoms with Gasteiger partial charge in [0, 0.05) is 10.5 Å². The summed E-state index contributed by atoms with van der Waals surface area (Å²) in [5.74, 6) is 0. The van der Waals surface area contributed by atoms with Gasteiger partial charge in [-0.2, -0.15) is 0 Å². The second-order valence-electron chi connectivity index (χ2n) is 4.98. The predicted molar refractivity (Wildman–Crippen MR) is 97.2 cm³/mol. The van der Waals surface area contributed by atoms with E-state index >= 15 is 0 Å². The summed E-state index contributed by atoms with van der Waals surface area (Å²) in [6.07, 6.45) is 0. The summed E-state index contributed by atoms with van der Waals surface area (Å²) < 4.78 is 27.6. The fourth-order valence-electron chi connectivity index (χ4n) is 2.18. The highest BCUT2D eigenvalue weighted by Crippen LogP contribution is 2.32. The second-order valence-corrected chi connectivity index (χ2v) is 8.05. The first-order valence-electron chi connectivity index (χ1n) is 6.89. The molecule has 25 heavy (non-hydrogen) atoms. The molecule has 0 fully saturated rings. The van der Waals surface area contributed by atoms with E-state index in [1.165, 1.54) is 31.2 Å². The predicted octanol–water partition coefficient (Wildman–Crippen LogP) is 3.71. The van der Waals surface area contributed by atoms with E-state index in [1.807, 2.05) is 0 Å². The van der Waals surface area contributed by atoms with E-state index in [-0.39, 0.29) is 5.69 Å². The van der Waals surface area contributed by atoms with Crippen molar-refractivity contribution in [2.75, 3.05) is 4.31 Å². The first-order chi connectivity index (χ1) is 11.7. The van der Waals surface area contributed by atoms with Crippen LogP contribution >= 0.6 is 27.5 Å². The molecule has 0 heterocycles. The van der Waals surface area contributed by atoms with Crippen molar-refractivity contribution >= 4 is 54.2 Å². The third kappa shape index (κ3) is 4.00. The summed E-state index contributed by atoms with van der Waals surface area (Å²) in [5, 5.41) is 10.3. The molecule has 1 unspecified atom stereocenters. The summed E-state index contributed by atoms with van der Waals surface area (Å²) >= 11 is 8.75. The zero-order valence-electron chi connectivity index (χ0n) is 12.8. The Kier molecular flexibility index (Phi) is 5.81. The van der Waals surface area contributed by atoms with Gasteiger partial charge in [-0.3, -0.25) is 19.2 Å². The van der Waals surface area contributed by atoms with E-state index in [0.717, 1.165) is 16.4 Å². The van der Waals surface area contributed by atoms with Gasteiger partial charge >= 0.3 is 0 Å². The van der Waals surface area contributed by atoms with E-state index in [0.29, 0.717) is 4.47 Å². The lowest BCUT2D eigenvalue weighted by Crippen LogP contribution is -2.42. The molecule has 0 aliphatic rings. The number of carbonyl (C=O) groups is 1. The van der Waals surface area contributed by atoms with E-state index in [2.05, 4.69) is 15.9 Å². The van der Waals surface area contributed by atoms with Crippen LogP contribution in [0, 0.1) is 10.1 Å². The van der Waals surface area contributed by atoms with Crippen molar-refractivity contribution in [3.63, 3.8) is 0 Å². The van der Waals surface area contributed by atoms with Gasteiger partial charge in [-0.25, -0.2) is 8.42 Å². The number of rotatable bonds is 6. The van der Waals surface area contributed by atoms with Crippen LogP contribution in [0.2, 0.25) is 0 Å². The van der Waals surface area contributed by atoms with Crippen molar-refractivity contribution in [1.29, 1.82) is 0 Å². The van der Waals surface area contributed by atoms with Crippen LogP contribution in [0.4, 0.5) is 11.4 Å². The fourth-order valence-corrected chi connectivity index (χ4v) is 4.38. The van der Waals surface area contributed by atoms with Crippen molar-refractivity contribution in [3.8, 4) is 0 Å². The third-order valence-electron chi connectivity index (χ3n) is 3.36. The Morgan fingerprint density at radius 1 is 1.20 bits per heavy atom. The van der Waals surface area contributed by atoms with Crippen molar-refractivity contribution in [3.05, 3.63) is 63.1 Å². The van der Waals surface area contributed by atoms with Gasteiger partial charge in [0.15, 0.2) is 4.90 Å². The lowest BCUT2D eigenvalue weighted by atomic mass is 10.3. The summed E-state index contributed by atoms with van der Waals surface area (Å²) in [6, 6.07) is 9.77. The van der Waals surface area contributed by atoms with Gasteiger partial charge in [0.2, 0.25) is 5.24 Å². The Labute approximate surface area is 157 Å². The Bertz CT molecular complexity index is 918. The molecule has 1 atom stereocenters. The van der Waals surface area contributed by atoms with Gasteiger partial charge in [0.1, 0.15) is 6.04 Å². The molecule has 7 nitrogen and oxygen atoms in total. The van der Waals surface area contributed by atoms with Crippen molar-refractivity contribution < 1.29 is 18.1 Å². The normalized spacial score (nSPS) is 12.4. The minimum atomic E-state index is -4.42. The second kappa shape index (κ2) is 7.51. The number of carbonyl (C=O) groups excluding carboxylic acids is 1. The Morgan fingerprint density at radius 3 is 2.28 bits per heavy atom. The monoisotopic (exact) mass is 446 g/mol. The first-order valence-corrected chi connectivity index (χ1v) is 9.50. The van der Waals surface area contributed by atoms with Crippen LogP contribution in [0.15, 0.2) is 57.9 Å². The average Bonchev–Trinajstić information content (AvgIpc) is 2.56. The minimum absolute atomic E-state index is 0.155. The maximum Gasteiger partial charge on any atom is 0.289 e. The zero-order valence-corrected chi connectivity index (χ0v) is 16.0. The van der Waals surface area contributed by atoms with Crippen molar-refractivity contribution in [2.45, 2.75) is 17.9 Å². The van der Waals surface area contributed by atoms with Gasteiger partial charge < -0.3 is 0 Å². The molecule has 2 aromatic carbocycles. The molecule has 0 radical (unpaired) electrons. The fraction of sp³-hybridized carbons (Fsp3) is 0.133. The molecule has 0 bridgehead atoms. The number of sulfonamides is 1. The largest absolute Gasteiger partial charge is 0.289 e. The standard InChI is InChI=1S/C15H12BrClN2O5S/c1-10(15(17)20)18(12-8-6-11(16)7-9-12)25(23,24)14-5-3-2-4-13(14)19(21)22/h2-10H,1H3. The molecule has 0 aliphatic carbocycles. The van der Waals surface area contributed by atoms with Crippen molar-refractivity contribution in [2.24, 2.45) is 0 Å². The van der Waals surface area contributed by atoms with Gasteiger partial charge in [-0.05, 0) is 48.9 Å². The van der Waals surface area contributed by atoms with Crippen LogP contribution < -0.4 is 4.31 Å². The number of nitrogens with zero attached hydrogens (tertiary/aromatic N) is 2. The van der Waals surface area contributed by atoms with Gasteiger partial charge in [-0.15, -0.1) is 0 Å². The van der Waals surface area contributed by atoms with Crippen LogP contribution in [0.1, 0.15) is 6.92 Å². The lowest BCUT2D eigenvalue weighted by Gasteiger charge is -2.28. The van der Waals surface area contributed by atoms with Crippen molar-refractivity contribution in [1.82, 2.24) is 0 Å². The Balaban J connectivity index is 2.70. The molecule has 10 heteroatoms. The minimum Gasteiger partial charge on any atom is -0.279 e. The number of halogens is 2. The van der Waals surface area contributed by atoms with E-state index in [9.17, 15) is 23.3 Å². The molecule has 0 saturated carbocycles. The van der Waals surface area contributed by atoms with Crippen LogP contribution in [0.3, 0.4) is 0 Å². The van der Waals surface area contributed by atoms with Crippen LogP contribution in [-0.4, -0.2) is 24.6 Å². The summed E-state index contributed by atoms with van der Waals surface area (Å²) in [7, 11) is -4.42. The molecule has 2 rings (SSSR count). The molecule has 0 saturated heterocycles. The molecule has 0 aromatic heterocycles. The highest BCUT2D eigenvalue weighted by Gasteiger charge is 2.36. The van der Waals surface area contributed by atoms with Gasteiger partial charge in [0.25, 0.3) is 15.7 Å². The number of hydrogen-bond donors (Lipinski definition) is 0. The molecular formula is C15H12BrClN2O5S. The number of nitro benzene ring substituents is 1. The molecular weight excluding hydrogens is 436 g/mol. The van der Waals surface area contributed by atoms with Crippen LogP contribution in [0.25, 0.3) is 0 Å². The third-order valence-corrected chi connectivity index (χ3v) is 6.15. The number of hydrogen-bond acceptors (Lipinski definition) is 5. The van der Waals surface area contributed by atoms with Crippen LogP contribution in [0.5, 0.6) is 0 Å². The first kappa shape index (κ1) is 19.4. The van der Waals surface area contributed by atoms with E-state index in [4.69, 9.17) is 11.6 Å². The van der Waals surface area contributed by atoms with E-state index in [1.54, 1.807) is 12.1 Å². The molecule has 0 amide bonds. The van der Waals surface area contributed by atoms with Gasteiger partial charge in [-0.1, -0.05) is 28.1 Å². The topological polar surface area (TPSA) is 97.6 Å². The maximum atomic E-state index is 13.1. The quantitative estimate of drug-likeness (QED) is 0.382. The average molecular weight is 448 g/mol. The lowest BCUT2D eigenvalue weighted by molar-refractivity contribution is -0.387. The summed E-state index contributed by atoms with van der Waals surface area (Å²) in [4.78, 5) is 21.5. The molecule has 132 valence electrons. The number of benzene rings is 2. The Morgan fingerprint density at radius 2 is 1.76 bits per heavy atom. The zero-order chi connectivity index (χ0) is 18.8. The Hall–Kier alpha value is -1.97. The molecule has 0 spiro atoms. The van der Waals surface area contributed by atoms with Gasteiger partial charge in [0.05, 0.1) is 10.6 Å². The smallest absolute Gasteiger partial charge is 0.279 e. The molecule has 0 aliphatic heterocycles. The number of nitro groups is 1. The maximum absolute atomic E-state index is 13.1. The summed E-state index contributed by atoms with van der Waals surface area (Å²) in [6.45, 7) is 1.31. The summed E-state index contributed by atoms with van der Waals surface area (Å²) in [5.41, 5.74) is -0.429. The van der Waals surface area contributed by atoms with E-state index < -0.39 is 36.8 Å². The highest BCUT2D eigenvalue weighted by molar-refractivity contribution is 9.10. The molecule has 2 aromatic rings. The SMILES string of the molecule is CC(C(=O)Cl)N(c1ccc(Br)cc1)S(=O)(=O)c1ccccc1[N+](=O)[O-]. The number of anilines is 1. The number of para-hydroxylation sites is 1. The highest BCUT2D eigenvalue weighted by atomic mass is 79.9. The molecule has 0 N–H and O–H groups in total.